The van der Waals surface area contributed by atoms with Crippen LogP contribution in [-0.2, 0) is 95.0 Å². The van der Waals surface area contributed by atoms with Gasteiger partial charge in [0.1, 0.15) is 61.0 Å². The molecule has 7 heterocycles. The van der Waals surface area contributed by atoms with Crippen LogP contribution >= 0.6 is 0 Å². The summed E-state index contributed by atoms with van der Waals surface area (Å²) >= 11 is 0. The van der Waals surface area contributed by atoms with Gasteiger partial charge < -0.3 is 163 Å². The summed E-state index contributed by atoms with van der Waals surface area (Å²) in [6.07, 6.45) is -48.2. The summed E-state index contributed by atoms with van der Waals surface area (Å²) in [5.41, 5.74) is 0. The number of aliphatic hydroxyl groups is 13. The normalized spacial score (nSPS) is 47.7. The number of carboxylic acids is 4. The zero-order valence-electron chi connectivity index (χ0n) is 58.6. The molecule has 7 aliphatic heterocycles. The Morgan fingerprint density at radius 2 is 0.641 bits per heavy atom. The summed E-state index contributed by atoms with van der Waals surface area (Å²) in [5.74, 6) is -16.2. The van der Waals surface area contributed by atoms with Crippen LogP contribution in [-0.4, -0.2) is 347 Å². The number of unbranched alkanes of at least 4 members (excludes halogenated alkanes) is 2. The van der Waals surface area contributed by atoms with E-state index in [2.05, 4.69) is 5.32 Å². The van der Waals surface area contributed by atoms with Crippen LogP contribution in [0.1, 0.15) is 94.4 Å². The van der Waals surface area contributed by atoms with Crippen molar-refractivity contribution in [2.24, 2.45) is 53.3 Å². The van der Waals surface area contributed by atoms with E-state index >= 15 is 0 Å². The first-order valence-corrected chi connectivity index (χ1v) is 35.2. The molecule has 594 valence electrons. The van der Waals surface area contributed by atoms with E-state index in [1.54, 1.807) is 20.8 Å². The Kier molecular flexibility index (Phi) is 30.6. The number of carboxylic acid groups (broad SMARTS) is 4. The van der Waals surface area contributed by atoms with Crippen molar-refractivity contribution >= 4 is 29.8 Å². The molecule has 8 aliphatic rings. The second-order valence-electron chi connectivity index (χ2n) is 28.6. The van der Waals surface area contributed by atoms with Gasteiger partial charge in [0.2, 0.25) is 5.91 Å². The SMILES string of the molecule is CCC(=O)NCCCCCOC1OC(C(=O)O)C(OC2OC(CO)C(OC3OC(C(=O)O)C(OC4OC(CO)C(OC5OC(C(=O)O)C(OC6OC(CO)C(OC7OC(C(=O)O)C(OC8CC(CO)C(O)C(O)C8C)C(O)C7C)C(O)C6C)C(O)C5C)C(O)C4C)C(O)C3C)C(O)C2C)C(O)C1C. The zero-order valence-corrected chi connectivity index (χ0v) is 58.6. The highest BCUT2D eigenvalue weighted by molar-refractivity contribution is 5.76. The fourth-order valence-corrected chi connectivity index (χ4v) is 14.5. The largest absolute Gasteiger partial charge is 0.479 e. The molecule has 0 radical (unpaired) electrons. The van der Waals surface area contributed by atoms with Gasteiger partial charge in [0, 0.05) is 79.4 Å². The average Bonchev–Trinajstić information content (AvgIpc) is 0.774. The molecule has 0 spiro atoms. The van der Waals surface area contributed by atoms with Gasteiger partial charge in [-0.3, -0.25) is 4.79 Å². The minimum Gasteiger partial charge on any atom is -0.479 e. The van der Waals surface area contributed by atoms with Crippen LogP contribution in [0.4, 0.5) is 0 Å². The van der Waals surface area contributed by atoms with Gasteiger partial charge in [-0.25, -0.2) is 19.2 Å². The van der Waals surface area contributed by atoms with E-state index in [9.17, 15) is 111 Å². The van der Waals surface area contributed by atoms with Crippen LogP contribution in [0.15, 0.2) is 0 Å². The van der Waals surface area contributed by atoms with Crippen molar-refractivity contribution in [1.82, 2.24) is 5.32 Å². The topological polar surface area (TPSA) is 580 Å². The standard InChI is InChI=1S/C65H107NO37/c1-10-34(71)66-14-12-11-13-15-89-59-22(3)39(76)48(52(100-59)56(83)84)97-60-23(4)36(73)45(32(19-69)91-60)95-64-27(8)41(78)50(54(102-64)58(87)88)99-62-25(6)38(75)46(33(20-70)93-62)96-65-28(9)42(79)49(53(103-65)57(85)86)98-61-24(5)37(74)44(31(18-68)92-61)94-63-26(7)40(77)47(51(101-63)55(81)82)90-30-16-29(17-67)43(80)35(72)21(30)2/h21-33,35-54,59-65,67-70,72-80H,10-20H2,1-9H3,(H,66,71)(H,81,82)(H,83,84)(H,85,86)(H,87,88). The molecule has 1 aliphatic carbocycles. The van der Waals surface area contributed by atoms with E-state index in [-0.39, 0.29) is 18.9 Å². The Balaban J connectivity index is 0.854. The Labute approximate surface area is 593 Å². The van der Waals surface area contributed by atoms with Crippen LogP contribution in [0.3, 0.4) is 0 Å². The summed E-state index contributed by atoms with van der Waals surface area (Å²) in [6.45, 7) is 10.6. The van der Waals surface area contributed by atoms with Crippen LogP contribution in [0.5, 0.6) is 0 Å². The number of nitrogens with one attached hydrogen (secondary N) is 1. The van der Waals surface area contributed by atoms with Crippen molar-refractivity contribution < 1.29 is 182 Å². The van der Waals surface area contributed by atoms with E-state index in [1.165, 1.54) is 41.5 Å². The highest BCUT2D eigenvalue weighted by Crippen LogP contribution is 2.44. The number of rotatable bonds is 30. The number of carbonyl (C=O) groups excluding carboxylic acids is 1. The Morgan fingerprint density at radius 3 is 0.951 bits per heavy atom. The Hall–Kier alpha value is -3.77. The summed E-state index contributed by atoms with van der Waals surface area (Å²) in [5, 5.41) is 189. The van der Waals surface area contributed by atoms with Crippen molar-refractivity contribution in [2.75, 3.05) is 39.6 Å². The lowest BCUT2D eigenvalue weighted by Crippen LogP contribution is -2.65. The van der Waals surface area contributed by atoms with Crippen LogP contribution in [0.25, 0.3) is 0 Å². The highest BCUT2D eigenvalue weighted by Gasteiger charge is 2.60. The molecule has 18 N–H and O–H groups in total. The maximum atomic E-state index is 13.0. The van der Waals surface area contributed by atoms with Gasteiger partial charge in [0.25, 0.3) is 0 Å². The van der Waals surface area contributed by atoms with Crippen molar-refractivity contribution in [3.63, 3.8) is 0 Å². The average molecular weight is 1490 g/mol. The summed E-state index contributed by atoms with van der Waals surface area (Å²) < 4.78 is 90.0. The predicted octanol–water partition coefficient (Wildman–Crippen LogP) is -5.50. The van der Waals surface area contributed by atoms with Gasteiger partial charge in [0.05, 0.1) is 80.9 Å². The lowest BCUT2D eigenvalue weighted by molar-refractivity contribution is -0.380. The minimum absolute atomic E-state index is 0.00335. The monoisotopic (exact) mass is 1490 g/mol. The fourth-order valence-electron chi connectivity index (χ4n) is 14.5. The molecule has 40 unspecified atom stereocenters. The number of hydrogen-bond acceptors (Lipinski definition) is 33. The number of amides is 1. The molecule has 0 aromatic rings. The molecule has 103 heavy (non-hydrogen) atoms. The lowest BCUT2D eigenvalue weighted by Gasteiger charge is -2.50. The third kappa shape index (κ3) is 18.8. The molecular weight excluding hydrogens is 1390 g/mol. The third-order valence-corrected chi connectivity index (χ3v) is 21.5. The first-order chi connectivity index (χ1) is 48.7. The molecule has 8 rings (SSSR count). The number of aliphatic carboxylic acids is 4. The summed E-state index contributed by atoms with van der Waals surface area (Å²) in [6, 6.07) is 0. The van der Waals surface area contributed by atoms with E-state index in [0.717, 1.165) is 0 Å². The van der Waals surface area contributed by atoms with Crippen molar-refractivity contribution in [2.45, 2.75) is 285 Å². The Bertz CT molecular complexity index is 2720. The smallest absolute Gasteiger partial charge is 0.335 e. The van der Waals surface area contributed by atoms with Crippen molar-refractivity contribution in [3.8, 4) is 0 Å². The minimum atomic E-state index is -2.10. The fraction of sp³-hybridized carbons (Fsp3) is 0.923. The number of carbonyl (C=O) groups is 5. The zero-order chi connectivity index (χ0) is 76.1. The van der Waals surface area contributed by atoms with Gasteiger partial charge in [-0.05, 0) is 25.7 Å². The van der Waals surface area contributed by atoms with Gasteiger partial charge >= 0.3 is 23.9 Å². The molecule has 38 nitrogen and oxygen atoms in total. The lowest BCUT2D eigenvalue weighted by atomic mass is 9.76. The highest BCUT2D eigenvalue weighted by atomic mass is 16.8. The summed E-state index contributed by atoms with van der Waals surface area (Å²) in [4.78, 5) is 62.8. The third-order valence-electron chi connectivity index (χ3n) is 21.5. The maximum absolute atomic E-state index is 13.0. The molecule has 0 aromatic carbocycles. The first-order valence-electron chi connectivity index (χ1n) is 35.2. The summed E-state index contributed by atoms with van der Waals surface area (Å²) in [7, 11) is 0. The second kappa shape index (κ2) is 37.1. The quantitative estimate of drug-likeness (QED) is 0.0298. The van der Waals surface area contributed by atoms with Crippen LogP contribution in [0.2, 0.25) is 0 Å². The molecule has 1 saturated carbocycles. The van der Waals surface area contributed by atoms with E-state index in [1.807, 2.05) is 0 Å². The molecule has 0 bridgehead atoms. The van der Waals surface area contributed by atoms with Gasteiger partial charge in [-0.15, -0.1) is 0 Å². The molecule has 7 saturated heterocycles. The van der Waals surface area contributed by atoms with Crippen molar-refractivity contribution in [1.29, 1.82) is 0 Å². The van der Waals surface area contributed by atoms with Gasteiger partial charge in [-0.1, -0.05) is 62.3 Å². The van der Waals surface area contributed by atoms with Crippen LogP contribution in [0, 0.1) is 53.3 Å². The number of ether oxygens (including phenoxy) is 15. The molecule has 40 atom stereocenters. The van der Waals surface area contributed by atoms with Crippen molar-refractivity contribution in [3.05, 3.63) is 0 Å². The number of hydrogen-bond donors (Lipinski definition) is 18. The van der Waals surface area contributed by atoms with E-state index in [4.69, 9.17) is 71.1 Å². The number of aliphatic hydroxyl groups excluding tert-OH is 13. The molecule has 38 heteroatoms. The predicted molar refractivity (Wildman–Crippen MR) is 336 cm³/mol. The van der Waals surface area contributed by atoms with Crippen LogP contribution < -0.4 is 5.32 Å². The first kappa shape index (κ1) is 84.8. The second-order valence-corrected chi connectivity index (χ2v) is 28.6. The van der Waals surface area contributed by atoms with Gasteiger partial charge in [-0.2, -0.15) is 0 Å². The van der Waals surface area contributed by atoms with Gasteiger partial charge in [0.15, 0.2) is 68.4 Å². The Morgan fingerprint density at radius 1 is 0.350 bits per heavy atom. The molecule has 0 aromatic heterocycles. The molecule has 8 fully saturated rings. The molecular formula is C65H107NO37. The van der Waals surface area contributed by atoms with E-state index in [0.29, 0.717) is 32.2 Å². The van der Waals surface area contributed by atoms with E-state index < -0.39 is 294 Å². The molecule has 1 amide bonds. The maximum Gasteiger partial charge on any atom is 0.335 e.